The standard InChI is InChI=1S/C21H28ClN5O/c1-23-21(25-14-16-7-9-19(22)10-8-16)26-15-17-5-4-6-18(13-17)20(28)24-11-12-27(2)3/h4-10,13H,11-12,14-15H2,1-3H3,(H,24,28)(H2,23,25,26). The van der Waals surface area contributed by atoms with Crippen molar-refractivity contribution in [3.8, 4) is 0 Å². The number of rotatable bonds is 8. The summed E-state index contributed by atoms with van der Waals surface area (Å²) in [7, 11) is 5.68. The van der Waals surface area contributed by atoms with Crippen molar-refractivity contribution in [2.24, 2.45) is 4.99 Å². The number of amides is 1. The van der Waals surface area contributed by atoms with Gasteiger partial charge in [0.2, 0.25) is 0 Å². The molecule has 0 spiro atoms. The molecule has 0 radical (unpaired) electrons. The van der Waals surface area contributed by atoms with E-state index in [0.29, 0.717) is 31.2 Å². The molecule has 6 nitrogen and oxygen atoms in total. The Kier molecular flexibility index (Phi) is 8.78. The van der Waals surface area contributed by atoms with Crippen molar-refractivity contribution in [1.29, 1.82) is 0 Å². The molecule has 2 rings (SSSR count). The van der Waals surface area contributed by atoms with Crippen LogP contribution < -0.4 is 16.0 Å². The molecule has 150 valence electrons. The average molecular weight is 402 g/mol. The molecule has 0 saturated carbocycles. The fourth-order valence-corrected chi connectivity index (χ4v) is 2.64. The number of benzene rings is 2. The van der Waals surface area contributed by atoms with Gasteiger partial charge in [0.05, 0.1) is 0 Å². The monoisotopic (exact) mass is 401 g/mol. The Morgan fingerprint density at radius 1 is 1.00 bits per heavy atom. The van der Waals surface area contributed by atoms with Crippen LogP contribution in [-0.2, 0) is 13.1 Å². The van der Waals surface area contributed by atoms with E-state index < -0.39 is 0 Å². The number of nitrogens with zero attached hydrogens (tertiary/aromatic N) is 2. The van der Waals surface area contributed by atoms with Gasteiger partial charge >= 0.3 is 0 Å². The molecule has 0 atom stereocenters. The Balaban J connectivity index is 1.85. The molecule has 2 aromatic rings. The van der Waals surface area contributed by atoms with E-state index in [1.807, 2.05) is 67.5 Å². The van der Waals surface area contributed by atoms with Crippen LogP contribution in [0.25, 0.3) is 0 Å². The Labute approximate surface area is 172 Å². The summed E-state index contributed by atoms with van der Waals surface area (Å²) < 4.78 is 0. The number of aliphatic imine (C=N–C) groups is 1. The van der Waals surface area contributed by atoms with Crippen LogP contribution in [0.3, 0.4) is 0 Å². The van der Waals surface area contributed by atoms with Crippen molar-refractivity contribution in [3.05, 3.63) is 70.2 Å². The first-order chi connectivity index (χ1) is 13.5. The van der Waals surface area contributed by atoms with Gasteiger partial charge in [-0.1, -0.05) is 35.9 Å². The summed E-state index contributed by atoms with van der Waals surface area (Å²) >= 11 is 5.91. The Bertz CT molecular complexity index is 790. The smallest absolute Gasteiger partial charge is 0.251 e. The maximum Gasteiger partial charge on any atom is 0.251 e. The average Bonchev–Trinajstić information content (AvgIpc) is 2.69. The van der Waals surface area contributed by atoms with E-state index in [4.69, 9.17) is 11.6 Å². The van der Waals surface area contributed by atoms with Crippen LogP contribution in [0, 0.1) is 0 Å². The second-order valence-corrected chi connectivity index (χ2v) is 7.10. The zero-order valence-electron chi connectivity index (χ0n) is 16.6. The van der Waals surface area contributed by atoms with Gasteiger partial charge in [0.25, 0.3) is 5.91 Å². The minimum Gasteiger partial charge on any atom is -0.352 e. The molecule has 3 N–H and O–H groups in total. The molecule has 0 fully saturated rings. The lowest BCUT2D eigenvalue weighted by Gasteiger charge is -2.13. The minimum atomic E-state index is -0.0612. The van der Waals surface area contributed by atoms with Crippen LogP contribution in [0.4, 0.5) is 0 Å². The highest BCUT2D eigenvalue weighted by Crippen LogP contribution is 2.09. The molecular formula is C21H28ClN5O. The number of guanidine groups is 1. The van der Waals surface area contributed by atoms with Crippen molar-refractivity contribution in [2.75, 3.05) is 34.2 Å². The van der Waals surface area contributed by atoms with E-state index in [1.165, 1.54) is 0 Å². The molecule has 7 heteroatoms. The van der Waals surface area contributed by atoms with Gasteiger partial charge < -0.3 is 20.9 Å². The molecule has 0 heterocycles. The predicted molar refractivity (Wildman–Crippen MR) is 116 cm³/mol. The third-order valence-corrected chi connectivity index (χ3v) is 4.34. The quantitative estimate of drug-likeness (QED) is 0.469. The van der Waals surface area contributed by atoms with Gasteiger partial charge in [0, 0.05) is 43.8 Å². The van der Waals surface area contributed by atoms with Gasteiger partial charge in [0.1, 0.15) is 0 Å². The molecule has 2 aromatic carbocycles. The molecule has 0 saturated heterocycles. The zero-order valence-corrected chi connectivity index (χ0v) is 17.4. The molecule has 0 aliphatic heterocycles. The molecule has 1 amide bonds. The second-order valence-electron chi connectivity index (χ2n) is 6.67. The molecular weight excluding hydrogens is 374 g/mol. The first kappa shape index (κ1) is 21.7. The number of carbonyl (C=O) groups is 1. The predicted octanol–water partition coefficient (Wildman–Crippen LogP) is 2.50. The van der Waals surface area contributed by atoms with Gasteiger partial charge in [0.15, 0.2) is 5.96 Å². The molecule has 0 bridgehead atoms. The fraction of sp³-hybridized carbons (Fsp3) is 0.333. The summed E-state index contributed by atoms with van der Waals surface area (Å²) in [6.07, 6.45) is 0. The van der Waals surface area contributed by atoms with Crippen molar-refractivity contribution >= 4 is 23.5 Å². The highest BCUT2D eigenvalue weighted by Gasteiger charge is 2.06. The number of carbonyl (C=O) groups excluding carboxylic acids is 1. The number of hydrogen-bond acceptors (Lipinski definition) is 3. The minimum absolute atomic E-state index is 0.0612. The third kappa shape index (κ3) is 7.58. The molecule has 0 aliphatic carbocycles. The van der Waals surface area contributed by atoms with Gasteiger partial charge in [-0.05, 0) is 49.5 Å². The van der Waals surface area contributed by atoms with Gasteiger partial charge in [-0.2, -0.15) is 0 Å². The van der Waals surface area contributed by atoms with E-state index in [9.17, 15) is 4.79 Å². The van der Waals surface area contributed by atoms with E-state index in [0.717, 1.165) is 22.7 Å². The van der Waals surface area contributed by atoms with Crippen LogP contribution in [0.15, 0.2) is 53.5 Å². The van der Waals surface area contributed by atoms with Gasteiger partial charge in [-0.15, -0.1) is 0 Å². The molecule has 28 heavy (non-hydrogen) atoms. The van der Waals surface area contributed by atoms with Crippen molar-refractivity contribution < 1.29 is 4.79 Å². The van der Waals surface area contributed by atoms with Gasteiger partial charge in [-0.25, -0.2) is 0 Å². The summed E-state index contributed by atoms with van der Waals surface area (Å²) in [5.74, 6) is 0.629. The Hall–Kier alpha value is -2.57. The lowest BCUT2D eigenvalue weighted by Crippen LogP contribution is -2.36. The topological polar surface area (TPSA) is 68.8 Å². The maximum absolute atomic E-state index is 12.3. The number of hydrogen-bond donors (Lipinski definition) is 3. The highest BCUT2D eigenvalue weighted by molar-refractivity contribution is 6.30. The van der Waals surface area contributed by atoms with E-state index in [-0.39, 0.29) is 5.91 Å². The van der Waals surface area contributed by atoms with E-state index in [2.05, 4.69) is 20.9 Å². The summed E-state index contributed by atoms with van der Waals surface area (Å²) in [6.45, 7) is 2.64. The summed E-state index contributed by atoms with van der Waals surface area (Å²) in [5.41, 5.74) is 2.78. The number of halogens is 1. The Morgan fingerprint density at radius 2 is 1.68 bits per heavy atom. The molecule has 0 aliphatic rings. The molecule has 0 unspecified atom stereocenters. The number of nitrogens with one attached hydrogen (secondary N) is 3. The summed E-state index contributed by atoms with van der Waals surface area (Å²) in [6, 6.07) is 15.3. The van der Waals surface area contributed by atoms with E-state index in [1.54, 1.807) is 7.05 Å². The number of likely N-dealkylation sites (N-methyl/N-ethyl adjacent to an activating group) is 1. The van der Waals surface area contributed by atoms with E-state index >= 15 is 0 Å². The molecule has 0 aromatic heterocycles. The SMILES string of the molecule is CN=C(NCc1ccc(Cl)cc1)NCc1cccc(C(=O)NCCN(C)C)c1. The van der Waals surface area contributed by atoms with Crippen LogP contribution in [0.5, 0.6) is 0 Å². The summed E-state index contributed by atoms with van der Waals surface area (Å²) in [4.78, 5) is 18.5. The van der Waals surface area contributed by atoms with Crippen LogP contribution in [0.1, 0.15) is 21.5 Å². The largest absolute Gasteiger partial charge is 0.352 e. The van der Waals surface area contributed by atoms with Crippen molar-refractivity contribution in [2.45, 2.75) is 13.1 Å². The zero-order chi connectivity index (χ0) is 20.4. The fourth-order valence-electron chi connectivity index (χ4n) is 2.51. The first-order valence-corrected chi connectivity index (χ1v) is 9.56. The lowest BCUT2D eigenvalue weighted by molar-refractivity contribution is 0.0951. The second kappa shape index (κ2) is 11.3. The van der Waals surface area contributed by atoms with Crippen LogP contribution in [-0.4, -0.2) is 51.0 Å². The maximum atomic E-state index is 12.3. The first-order valence-electron chi connectivity index (χ1n) is 9.19. The Morgan fingerprint density at radius 3 is 2.32 bits per heavy atom. The summed E-state index contributed by atoms with van der Waals surface area (Å²) in [5, 5.41) is 10.2. The lowest BCUT2D eigenvalue weighted by atomic mass is 10.1. The van der Waals surface area contributed by atoms with Crippen molar-refractivity contribution in [3.63, 3.8) is 0 Å². The van der Waals surface area contributed by atoms with Crippen molar-refractivity contribution in [1.82, 2.24) is 20.9 Å². The van der Waals surface area contributed by atoms with Gasteiger partial charge in [-0.3, -0.25) is 9.79 Å². The highest BCUT2D eigenvalue weighted by atomic mass is 35.5. The van der Waals surface area contributed by atoms with Crippen LogP contribution >= 0.6 is 11.6 Å². The third-order valence-electron chi connectivity index (χ3n) is 4.09. The van der Waals surface area contributed by atoms with Crippen LogP contribution in [0.2, 0.25) is 5.02 Å². The normalized spacial score (nSPS) is 11.4.